The van der Waals surface area contributed by atoms with Crippen LogP contribution in [0.1, 0.15) is 33.3 Å². The van der Waals surface area contributed by atoms with E-state index in [1.54, 1.807) is 38.4 Å². The van der Waals surface area contributed by atoms with Crippen molar-refractivity contribution in [3.05, 3.63) is 77.2 Å². The fourth-order valence-corrected chi connectivity index (χ4v) is 4.78. The highest BCUT2D eigenvalue weighted by Crippen LogP contribution is 2.25. The average molecular weight is 498 g/mol. The molecule has 0 atom stereocenters. The van der Waals surface area contributed by atoms with Crippen LogP contribution in [0.5, 0.6) is 11.5 Å². The highest BCUT2D eigenvalue weighted by Gasteiger charge is 2.29. The summed E-state index contributed by atoms with van der Waals surface area (Å²) in [6, 6.07) is 12.6. The second-order valence-electron chi connectivity index (χ2n) is 7.70. The third-order valence-electron chi connectivity index (χ3n) is 5.12. The molecule has 0 aliphatic rings. The van der Waals surface area contributed by atoms with E-state index in [0.717, 1.165) is 11.3 Å². The van der Waals surface area contributed by atoms with Gasteiger partial charge in [-0.1, -0.05) is 5.16 Å². The monoisotopic (exact) mass is 497 g/mol. The first kappa shape index (κ1) is 24.0. The quantitative estimate of drug-likeness (QED) is 0.384. The largest absolute Gasteiger partial charge is 0.495 e. The molecule has 1 aromatic carbocycles. The summed E-state index contributed by atoms with van der Waals surface area (Å²) in [5, 5.41) is 3.62. The van der Waals surface area contributed by atoms with Crippen LogP contribution in [-0.4, -0.2) is 31.6 Å². The van der Waals surface area contributed by atoms with Gasteiger partial charge in [0.25, 0.3) is 10.0 Å². The number of amides is 1. The second kappa shape index (κ2) is 9.63. The summed E-state index contributed by atoms with van der Waals surface area (Å²) >= 11 is 0. The molecule has 4 aromatic rings. The van der Waals surface area contributed by atoms with E-state index in [-0.39, 0.29) is 28.7 Å². The summed E-state index contributed by atoms with van der Waals surface area (Å²) in [6.45, 7) is 4.57. The van der Waals surface area contributed by atoms with Gasteiger partial charge in [-0.2, -0.15) is 0 Å². The number of aromatic nitrogens is 2. The van der Waals surface area contributed by atoms with Gasteiger partial charge in [0.1, 0.15) is 29.6 Å². The predicted molar refractivity (Wildman–Crippen MR) is 125 cm³/mol. The number of carbonyl (C=O) groups excluding carboxylic acids is 1. The zero-order valence-electron chi connectivity index (χ0n) is 19.5. The van der Waals surface area contributed by atoms with Gasteiger partial charge in [-0.25, -0.2) is 13.1 Å². The minimum absolute atomic E-state index is 0.00834. The Labute approximate surface area is 201 Å². The molecule has 3 heterocycles. The highest BCUT2D eigenvalue weighted by atomic mass is 32.2. The minimum atomic E-state index is -4.21. The number of furan rings is 1. The van der Waals surface area contributed by atoms with Gasteiger partial charge in [-0.15, -0.1) is 0 Å². The zero-order chi connectivity index (χ0) is 25.2. The third-order valence-corrected chi connectivity index (χ3v) is 6.69. The third kappa shape index (κ3) is 5.19. The number of aryl methyl sites for hydroxylation is 3. The Kier molecular flexibility index (Phi) is 6.61. The normalized spacial score (nSPS) is 11.3. The molecule has 10 nitrogen and oxygen atoms in total. The van der Waals surface area contributed by atoms with E-state index in [1.165, 1.54) is 13.8 Å². The molecule has 0 saturated carbocycles. The molecule has 4 rings (SSSR count). The van der Waals surface area contributed by atoms with Crippen molar-refractivity contribution in [2.45, 2.75) is 32.3 Å². The number of hydrogen-bond acceptors (Lipinski definition) is 9. The first-order valence-corrected chi connectivity index (χ1v) is 12.0. The molecule has 0 saturated heterocycles. The van der Waals surface area contributed by atoms with E-state index in [9.17, 15) is 13.2 Å². The predicted octanol–water partition coefficient (Wildman–Crippen LogP) is 3.96. The van der Waals surface area contributed by atoms with Crippen molar-refractivity contribution in [1.82, 2.24) is 14.9 Å². The molecule has 0 spiro atoms. The molecule has 0 aliphatic heterocycles. The topological polar surface area (TPSA) is 134 Å². The summed E-state index contributed by atoms with van der Waals surface area (Å²) in [5.74, 6) is 0.661. The molecule has 35 heavy (non-hydrogen) atoms. The number of ether oxygens (including phenoxy) is 2. The van der Waals surface area contributed by atoms with E-state index >= 15 is 0 Å². The second-order valence-corrected chi connectivity index (χ2v) is 9.31. The molecule has 3 aromatic heterocycles. The van der Waals surface area contributed by atoms with Crippen LogP contribution in [0.2, 0.25) is 0 Å². The number of benzene rings is 1. The molecule has 0 bridgehead atoms. The number of methoxy groups -OCH3 is 1. The number of pyridine rings is 1. The zero-order valence-corrected chi connectivity index (χ0v) is 20.3. The maximum atomic E-state index is 12.8. The van der Waals surface area contributed by atoms with Crippen molar-refractivity contribution in [2.24, 2.45) is 0 Å². The summed E-state index contributed by atoms with van der Waals surface area (Å²) in [6.07, 6.45) is 1.64. The number of rotatable bonds is 8. The van der Waals surface area contributed by atoms with Crippen molar-refractivity contribution >= 4 is 15.9 Å². The Morgan fingerprint density at radius 3 is 2.37 bits per heavy atom. The molecule has 182 valence electrons. The van der Waals surface area contributed by atoms with Gasteiger partial charge in [0.05, 0.1) is 19.0 Å². The van der Waals surface area contributed by atoms with Crippen LogP contribution in [0.25, 0.3) is 11.3 Å². The lowest BCUT2D eigenvalue weighted by Gasteiger charge is -2.09. The van der Waals surface area contributed by atoms with Crippen molar-refractivity contribution in [3.63, 3.8) is 0 Å². The van der Waals surface area contributed by atoms with Crippen LogP contribution in [0.3, 0.4) is 0 Å². The number of nitrogens with zero attached hydrogens (tertiary/aromatic N) is 2. The summed E-state index contributed by atoms with van der Waals surface area (Å²) in [4.78, 5) is 16.9. The van der Waals surface area contributed by atoms with Crippen molar-refractivity contribution in [3.8, 4) is 22.8 Å². The van der Waals surface area contributed by atoms with E-state index < -0.39 is 15.9 Å². The van der Waals surface area contributed by atoms with Gasteiger partial charge in [0, 0.05) is 11.1 Å². The number of nitrogens with one attached hydrogen (secondary N) is 1. The van der Waals surface area contributed by atoms with Crippen molar-refractivity contribution in [2.75, 3.05) is 7.11 Å². The van der Waals surface area contributed by atoms with Gasteiger partial charge >= 0.3 is 5.91 Å². The fraction of sp³-hybridized carbons (Fsp3) is 0.208. The number of sulfonamides is 1. The Morgan fingerprint density at radius 2 is 1.77 bits per heavy atom. The number of hydrogen-bond donors (Lipinski definition) is 1. The van der Waals surface area contributed by atoms with Crippen LogP contribution < -0.4 is 14.2 Å². The Bertz CT molecular complexity index is 1430. The molecule has 0 radical (unpaired) electrons. The summed E-state index contributed by atoms with van der Waals surface area (Å²) in [5.41, 5.74) is 2.22. The van der Waals surface area contributed by atoms with Gasteiger partial charge in [-0.3, -0.25) is 9.78 Å². The van der Waals surface area contributed by atoms with Crippen LogP contribution in [0.4, 0.5) is 0 Å². The molecular formula is C24H23N3O7S. The van der Waals surface area contributed by atoms with E-state index in [2.05, 4.69) is 10.1 Å². The Hall–Kier alpha value is -4.12. The lowest BCUT2D eigenvalue weighted by Crippen LogP contribution is -2.31. The number of carbonyl (C=O) groups is 1. The molecule has 11 heteroatoms. The standard InChI is InChI=1S/C24H23N3O7S/c1-14-11-18(22(33-14)24(28)27-35(29,30)23-15(2)26-34-16(23)3)13-32-19-7-5-17(6-8-19)21-10-9-20(31-4)12-25-21/h5-12H,13H2,1-4H3,(H,27,28). The molecular weight excluding hydrogens is 474 g/mol. The fourth-order valence-electron chi connectivity index (χ4n) is 3.50. The average Bonchev–Trinajstić information content (AvgIpc) is 3.39. The molecule has 0 fully saturated rings. The highest BCUT2D eigenvalue weighted by molar-refractivity contribution is 7.90. The maximum Gasteiger partial charge on any atom is 0.301 e. The van der Waals surface area contributed by atoms with Crippen molar-refractivity contribution < 1.29 is 31.6 Å². The van der Waals surface area contributed by atoms with Crippen molar-refractivity contribution in [1.29, 1.82) is 0 Å². The van der Waals surface area contributed by atoms with Crippen LogP contribution in [0.15, 0.2) is 62.5 Å². The smallest absolute Gasteiger partial charge is 0.301 e. The van der Waals surface area contributed by atoms with Crippen LogP contribution >= 0.6 is 0 Å². The van der Waals surface area contributed by atoms with Gasteiger partial charge < -0.3 is 18.4 Å². The lowest BCUT2D eigenvalue weighted by atomic mass is 10.1. The molecule has 0 aliphatic carbocycles. The van der Waals surface area contributed by atoms with E-state index in [4.69, 9.17) is 18.4 Å². The van der Waals surface area contributed by atoms with Gasteiger partial charge in [0.15, 0.2) is 16.4 Å². The van der Waals surface area contributed by atoms with Crippen LogP contribution in [0, 0.1) is 20.8 Å². The Balaban J connectivity index is 1.46. The molecule has 1 N–H and O–H groups in total. The maximum absolute atomic E-state index is 12.8. The van der Waals surface area contributed by atoms with E-state index in [1.807, 2.05) is 29.0 Å². The minimum Gasteiger partial charge on any atom is -0.495 e. The summed E-state index contributed by atoms with van der Waals surface area (Å²) in [7, 11) is -2.63. The first-order valence-electron chi connectivity index (χ1n) is 10.5. The molecule has 0 unspecified atom stereocenters. The molecule has 1 amide bonds. The van der Waals surface area contributed by atoms with Gasteiger partial charge in [-0.05, 0) is 63.2 Å². The first-order chi connectivity index (χ1) is 16.7. The summed E-state index contributed by atoms with van der Waals surface area (Å²) < 4.78 is 48.7. The van der Waals surface area contributed by atoms with Gasteiger partial charge in [0.2, 0.25) is 0 Å². The van der Waals surface area contributed by atoms with Crippen LogP contribution in [-0.2, 0) is 16.6 Å². The lowest BCUT2D eigenvalue weighted by molar-refractivity contribution is 0.0949. The Morgan fingerprint density at radius 1 is 1.06 bits per heavy atom. The van der Waals surface area contributed by atoms with E-state index in [0.29, 0.717) is 22.8 Å². The SMILES string of the molecule is COc1ccc(-c2ccc(OCc3cc(C)oc3C(=O)NS(=O)(=O)c3c(C)noc3C)cc2)nc1.